The number of benzene rings is 1. The van der Waals surface area contributed by atoms with E-state index in [1.807, 2.05) is 20.8 Å². The zero-order valence-corrected chi connectivity index (χ0v) is 11.8. The summed E-state index contributed by atoms with van der Waals surface area (Å²) in [6.07, 6.45) is 2.28. The fourth-order valence-corrected chi connectivity index (χ4v) is 2.41. The SMILES string of the molecule is CCC(C)(C)c1cc(C=O)c(O)c(S(C)(=O)=O)c1. The van der Waals surface area contributed by atoms with Crippen molar-refractivity contribution in [3.63, 3.8) is 0 Å². The van der Waals surface area contributed by atoms with Crippen LogP contribution in [0.4, 0.5) is 0 Å². The van der Waals surface area contributed by atoms with Gasteiger partial charge in [0.1, 0.15) is 10.6 Å². The van der Waals surface area contributed by atoms with Gasteiger partial charge in [-0.1, -0.05) is 20.8 Å². The molecule has 0 heterocycles. The van der Waals surface area contributed by atoms with Crippen LogP contribution in [0.5, 0.6) is 5.75 Å². The first-order chi connectivity index (χ1) is 8.13. The number of rotatable bonds is 4. The predicted molar refractivity (Wildman–Crippen MR) is 69.9 cm³/mol. The summed E-state index contributed by atoms with van der Waals surface area (Å²) in [5.74, 6) is -0.469. The molecule has 0 aliphatic carbocycles. The van der Waals surface area contributed by atoms with E-state index in [-0.39, 0.29) is 15.9 Å². The molecule has 100 valence electrons. The van der Waals surface area contributed by atoms with Crippen molar-refractivity contribution in [1.82, 2.24) is 0 Å². The average molecular weight is 270 g/mol. The lowest BCUT2D eigenvalue weighted by molar-refractivity contribution is 0.112. The van der Waals surface area contributed by atoms with Gasteiger partial charge in [0, 0.05) is 6.26 Å². The van der Waals surface area contributed by atoms with Gasteiger partial charge in [-0.2, -0.15) is 0 Å². The van der Waals surface area contributed by atoms with Crippen LogP contribution < -0.4 is 0 Å². The molecule has 0 atom stereocenters. The summed E-state index contributed by atoms with van der Waals surface area (Å²) >= 11 is 0. The van der Waals surface area contributed by atoms with Crippen molar-refractivity contribution >= 4 is 16.1 Å². The van der Waals surface area contributed by atoms with Crippen LogP contribution in [0.15, 0.2) is 17.0 Å². The monoisotopic (exact) mass is 270 g/mol. The van der Waals surface area contributed by atoms with Crippen molar-refractivity contribution in [2.24, 2.45) is 0 Å². The first-order valence-corrected chi connectivity index (χ1v) is 7.55. The second-order valence-corrected chi connectivity index (χ2v) is 7.02. The van der Waals surface area contributed by atoms with Gasteiger partial charge in [0.15, 0.2) is 16.1 Å². The van der Waals surface area contributed by atoms with Crippen molar-refractivity contribution in [3.8, 4) is 5.75 Å². The fourth-order valence-electron chi connectivity index (χ4n) is 1.60. The minimum absolute atomic E-state index is 0.00875. The van der Waals surface area contributed by atoms with E-state index in [0.717, 1.165) is 18.2 Å². The molecule has 0 bridgehead atoms. The Kier molecular flexibility index (Phi) is 3.86. The standard InChI is InChI=1S/C13H18O4S/c1-5-13(2,3)10-6-9(8-14)12(15)11(7-10)18(4,16)17/h6-8,15H,5H2,1-4H3. The molecular weight excluding hydrogens is 252 g/mol. The fraction of sp³-hybridized carbons (Fsp3) is 0.462. The summed E-state index contributed by atoms with van der Waals surface area (Å²) in [4.78, 5) is 10.7. The molecule has 0 saturated heterocycles. The number of carbonyl (C=O) groups is 1. The highest BCUT2D eigenvalue weighted by Gasteiger charge is 2.24. The second-order valence-electron chi connectivity index (χ2n) is 5.04. The maximum absolute atomic E-state index is 11.6. The van der Waals surface area contributed by atoms with E-state index in [2.05, 4.69) is 0 Å². The van der Waals surface area contributed by atoms with Crippen molar-refractivity contribution in [2.45, 2.75) is 37.5 Å². The molecule has 0 spiro atoms. The lowest BCUT2D eigenvalue weighted by Gasteiger charge is -2.24. The summed E-state index contributed by atoms with van der Waals surface area (Å²) in [7, 11) is -3.57. The van der Waals surface area contributed by atoms with Gasteiger partial charge in [-0.3, -0.25) is 4.79 Å². The van der Waals surface area contributed by atoms with E-state index in [1.165, 1.54) is 6.07 Å². The van der Waals surface area contributed by atoms with Crippen molar-refractivity contribution in [1.29, 1.82) is 0 Å². The Morgan fingerprint density at radius 3 is 2.28 bits per heavy atom. The molecule has 1 aromatic carbocycles. The zero-order chi connectivity index (χ0) is 14.1. The number of phenols is 1. The number of phenolic OH excluding ortho intramolecular Hbond substituents is 1. The van der Waals surface area contributed by atoms with E-state index in [1.54, 1.807) is 6.07 Å². The molecule has 0 aliphatic heterocycles. The molecule has 0 saturated carbocycles. The number of aromatic hydroxyl groups is 1. The predicted octanol–water partition coefficient (Wildman–Crippen LogP) is 2.30. The molecule has 0 radical (unpaired) electrons. The van der Waals surface area contributed by atoms with E-state index in [4.69, 9.17) is 0 Å². The van der Waals surface area contributed by atoms with Crippen molar-refractivity contribution in [3.05, 3.63) is 23.3 Å². The Bertz CT molecular complexity index is 571. The van der Waals surface area contributed by atoms with Crippen LogP contribution in [0, 0.1) is 0 Å². The quantitative estimate of drug-likeness (QED) is 0.852. The van der Waals surface area contributed by atoms with Gasteiger partial charge < -0.3 is 5.11 Å². The Labute approximate surface area is 108 Å². The largest absolute Gasteiger partial charge is 0.506 e. The lowest BCUT2D eigenvalue weighted by Crippen LogP contribution is -2.17. The van der Waals surface area contributed by atoms with Crippen molar-refractivity contribution < 1.29 is 18.3 Å². The summed E-state index contributed by atoms with van der Waals surface area (Å²) in [5.41, 5.74) is 0.477. The maximum Gasteiger partial charge on any atom is 0.179 e. The van der Waals surface area contributed by atoms with E-state index < -0.39 is 15.6 Å². The van der Waals surface area contributed by atoms with E-state index in [0.29, 0.717) is 6.29 Å². The smallest absolute Gasteiger partial charge is 0.179 e. The maximum atomic E-state index is 11.6. The molecule has 1 rings (SSSR count). The highest BCUT2D eigenvalue weighted by molar-refractivity contribution is 7.90. The minimum atomic E-state index is -3.57. The van der Waals surface area contributed by atoms with Gasteiger partial charge in [0.2, 0.25) is 0 Å². The van der Waals surface area contributed by atoms with Gasteiger partial charge in [0.25, 0.3) is 0 Å². The number of hydrogen-bond donors (Lipinski definition) is 1. The third kappa shape index (κ3) is 2.72. The van der Waals surface area contributed by atoms with Crippen LogP contribution >= 0.6 is 0 Å². The first kappa shape index (κ1) is 14.7. The highest BCUT2D eigenvalue weighted by atomic mass is 32.2. The van der Waals surface area contributed by atoms with E-state index >= 15 is 0 Å². The third-order valence-corrected chi connectivity index (χ3v) is 4.41. The minimum Gasteiger partial charge on any atom is -0.506 e. The van der Waals surface area contributed by atoms with Gasteiger partial charge >= 0.3 is 0 Å². The van der Waals surface area contributed by atoms with Gasteiger partial charge in [-0.15, -0.1) is 0 Å². The molecule has 0 aliphatic rings. The number of sulfone groups is 1. The normalized spacial score (nSPS) is 12.4. The molecule has 0 amide bonds. The molecule has 1 aromatic rings. The van der Waals surface area contributed by atoms with Crippen LogP contribution in [0.2, 0.25) is 0 Å². The van der Waals surface area contributed by atoms with Crippen LogP contribution in [0.3, 0.4) is 0 Å². The molecule has 0 fully saturated rings. The summed E-state index contributed by atoms with van der Waals surface area (Å²) in [6.45, 7) is 5.90. The van der Waals surface area contributed by atoms with Crippen LogP contribution in [-0.4, -0.2) is 26.1 Å². The zero-order valence-electron chi connectivity index (χ0n) is 11.0. The van der Waals surface area contributed by atoms with Crippen molar-refractivity contribution in [2.75, 3.05) is 6.26 Å². The van der Waals surface area contributed by atoms with Gasteiger partial charge in [0.05, 0.1) is 5.56 Å². The summed E-state index contributed by atoms with van der Waals surface area (Å²) in [6, 6.07) is 2.99. The van der Waals surface area contributed by atoms with Crippen LogP contribution in [0.1, 0.15) is 43.1 Å². The number of hydrogen-bond acceptors (Lipinski definition) is 4. The third-order valence-electron chi connectivity index (χ3n) is 3.30. The van der Waals surface area contributed by atoms with E-state index in [9.17, 15) is 18.3 Å². The molecule has 1 N–H and O–H groups in total. The molecule has 5 heteroatoms. The Morgan fingerprint density at radius 1 is 1.33 bits per heavy atom. The molecule has 4 nitrogen and oxygen atoms in total. The molecular formula is C13H18O4S. The highest BCUT2D eigenvalue weighted by Crippen LogP contribution is 2.34. The van der Waals surface area contributed by atoms with Crippen LogP contribution in [-0.2, 0) is 15.3 Å². The number of carbonyl (C=O) groups excluding carboxylic acids is 1. The Balaban J connectivity index is 3.66. The number of aldehydes is 1. The average Bonchev–Trinajstić information content (AvgIpc) is 2.27. The Morgan fingerprint density at radius 2 is 1.89 bits per heavy atom. The molecule has 0 aromatic heterocycles. The second kappa shape index (κ2) is 4.72. The topological polar surface area (TPSA) is 71.4 Å². The molecule has 18 heavy (non-hydrogen) atoms. The Hall–Kier alpha value is -1.36. The summed E-state index contributed by atoms with van der Waals surface area (Å²) in [5, 5.41) is 9.78. The summed E-state index contributed by atoms with van der Waals surface area (Å²) < 4.78 is 23.2. The van der Waals surface area contributed by atoms with Crippen LogP contribution in [0.25, 0.3) is 0 Å². The first-order valence-electron chi connectivity index (χ1n) is 5.66. The van der Waals surface area contributed by atoms with Gasteiger partial charge in [-0.25, -0.2) is 8.42 Å². The molecule has 0 unspecified atom stereocenters. The lowest BCUT2D eigenvalue weighted by atomic mass is 9.81. The van der Waals surface area contributed by atoms with Gasteiger partial charge in [-0.05, 0) is 29.5 Å².